The molecule has 1 saturated heterocycles. The highest BCUT2D eigenvalue weighted by molar-refractivity contribution is 5.98. The average Bonchev–Trinajstić information content (AvgIpc) is 3.12. The molecule has 1 heterocycles. The predicted molar refractivity (Wildman–Crippen MR) is 93.3 cm³/mol. The van der Waals surface area contributed by atoms with E-state index in [1.165, 1.54) is 12.1 Å². The highest BCUT2D eigenvalue weighted by Crippen LogP contribution is 2.28. The zero-order valence-corrected chi connectivity index (χ0v) is 13.4. The van der Waals surface area contributed by atoms with Crippen LogP contribution in [0.4, 0.5) is 17.1 Å². The van der Waals surface area contributed by atoms with Crippen LogP contribution in [0.3, 0.4) is 0 Å². The van der Waals surface area contributed by atoms with E-state index in [0.717, 1.165) is 12.1 Å². The lowest BCUT2D eigenvalue weighted by molar-refractivity contribution is -0.384. The smallest absolute Gasteiger partial charge is 0.269 e. The van der Waals surface area contributed by atoms with Crippen LogP contribution in [0.25, 0.3) is 0 Å². The van der Waals surface area contributed by atoms with Gasteiger partial charge in [-0.2, -0.15) is 5.26 Å². The first-order valence-corrected chi connectivity index (χ1v) is 7.91. The van der Waals surface area contributed by atoms with Crippen LogP contribution < -0.4 is 10.2 Å². The van der Waals surface area contributed by atoms with Crippen molar-refractivity contribution in [3.05, 3.63) is 64.2 Å². The van der Waals surface area contributed by atoms with Gasteiger partial charge in [0.25, 0.3) is 5.69 Å². The largest absolute Gasteiger partial charge is 0.360 e. The monoisotopic (exact) mass is 336 g/mol. The highest BCUT2D eigenvalue weighted by Gasteiger charge is 2.31. The summed E-state index contributed by atoms with van der Waals surface area (Å²) in [5.74, 6) is -0.182. The van der Waals surface area contributed by atoms with E-state index in [2.05, 4.69) is 11.4 Å². The van der Waals surface area contributed by atoms with Crippen LogP contribution in [0, 0.1) is 21.4 Å². The predicted octanol–water partition coefficient (Wildman–Crippen LogP) is 3.07. The summed E-state index contributed by atoms with van der Waals surface area (Å²) in [5, 5.41) is 22.7. The van der Waals surface area contributed by atoms with E-state index in [1.54, 1.807) is 36.4 Å². The van der Waals surface area contributed by atoms with E-state index in [9.17, 15) is 14.9 Å². The molecular formula is C18H16N4O3. The number of nitro benzene ring substituents is 1. The molecule has 0 bridgehead atoms. The maximum atomic E-state index is 12.7. The van der Waals surface area contributed by atoms with Gasteiger partial charge >= 0.3 is 0 Å². The van der Waals surface area contributed by atoms with Crippen molar-refractivity contribution in [3.63, 3.8) is 0 Å². The second-order valence-corrected chi connectivity index (χ2v) is 5.77. The number of nitriles is 1. The molecule has 1 fully saturated rings. The van der Waals surface area contributed by atoms with Crippen LogP contribution in [0.1, 0.15) is 18.4 Å². The lowest BCUT2D eigenvalue weighted by atomic mass is 10.1. The number of benzene rings is 2. The molecule has 0 saturated carbocycles. The molecule has 2 aromatic rings. The Morgan fingerprint density at radius 3 is 2.64 bits per heavy atom. The molecule has 1 N–H and O–H groups in total. The third-order valence-electron chi connectivity index (χ3n) is 4.25. The summed E-state index contributed by atoms with van der Waals surface area (Å²) >= 11 is 0. The van der Waals surface area contributed by atoms with E-state index in [4.69, 9.17) is 5.26 Å². The fraction of sp³-hybridized carbons (Fsp3) is 0.222. The lowest BCUT2D eigenvalue weighted by Gasteiger charge is -2.26. The minimum atomic E-state index is -0.448. The van der Waals surface area contributed by atoms with Crippen molar-refractivity contribution in [3.8, 4) is 6.07 Å². The number of anilines is 2. The van der Waals surface area contributed by atoms with E-state index in [-0.39, 0.29) is 17.6 Å². The second-order valence-electron chi connectivity index (χ2n) is 5.77. The Morgan fingerprint density at radius 2 is 1.96 bits per heavy atom. The van der Waals surface area contributed by atoms with Crippen LogP contribution in [0.2, 0.25) is 0 Å². The first kappa shape index (κ1) is 16.5. The van der Waals surface area contributed by atoms with Gasteiger partial charge in [-0.15, -0.1) is 0 Å². The third kappa shape index (κ3) is 3.43. The number of rotatable bonds is 4. The third-order valence-corrected chi connectivity index (χ3v) is 4.25. The molecule has 7 heteroatoms. The molecule has 1 unspecified atom stereocenters. The van der Waals surface area contributed by atoms with Crippen molar-refractivity contribution in [2.75, 3.05) is 16.8 Å². The fourth-order valence-electron chi connectivity index (χ4n) is 3.02. The van der Waals surface area contributed by atoms with Gasteiger partial charge in [0.1, 0.15) is 12.1 Å². The summed E-state index contributed by atoms with van der Waals surface area (Å²) in [6.07, 6.45) is 1.55. The van der Waals surface area contributed by atoms with Gasteiger partial charge in [0.15, 0.2) is 0 Å². The molecule has 0 spiro atoms. The molecule has 7 nitrogen and oxygen atoms in total. The van der Waals surface area contributed by atoms with Gasteiger partial charge in [-0.25, -0.2) is 0 Å². The van der Waals surface area contributed by atoms with Crippen LogP contribution in [-0.2, 0) is 4.79 Å². The van der Waals surface area contributed by atoms with Crippen molar-refractivity contribution in [1.29, 1.82) is 5.26 Å². The molecule has 0 aromatic heterocycles. The van der Waals surface area contributed by atoms with Crippen LogP contribution in [-0.4, -0.2) is 23.4 Å². The number of para-hydroxylation sites is 1. The first-order chi connectivity index (χ1) is 12.1. The van der Waals surface area contributed by atoms with Crippen molar-refractivity contribution < 1.29 is 9.72 Å². The van der Waals surface area contributed by atoms with Crippen molar-refractivity contribution in [1.82, 2.24) is 0 Å². The maximum absolute atomic E-state index is 12.7. The number of hydrogen-bond donors (Lipinski definition) is 1. The Labute approximate surface area is 144 Å². The SMILES string of the molecule is N#Cc1ccccc1NC(=O)C1CCCN1c1ccc([N+](=O)[O-])cc1. The molecule has 1 aliphatic heterocycles. The highest BCUT2D eigenvalue weighted by atomic mass is 16.6. The van der Waals surface area contributed by atoms with E-state index >= 15 is 0 Å². The van der Waals surface area contributed by atoms with Crippen LogP contribution in [0.5, 0.6) is 0 Å². The minimum absolute atomic E-state index is 0.0203. The standard InChI is InChI=1S/C18H16N4O3/c19-12-13-4-1-2-5-16(13)20-18(23)17-6-3-11-21(17)14-7-9-15(10-8-14)22(24)25/h1-2,4-5,7-10,17H,3,6,11H2,(H,20,23). The number of carbonyl (C=O) groups excluding carboxylic acids is 1. The maximum Gasteiger partial charge on any atom is 0.269 e. The van der Waals surface area contributed by atoms with Crippen molar-refractivity contribution in [2.45, 2.75) is 18.9 Å². The molecular weight excluding hydrogens is 320 g/mol. The summed E-state index contributed by atoms with van der Waals surface area (Å²) in [5.41, 5.74) is 1.70. The minimum Gasteiger partial charge on any atom is -0.360 e. The molecule has 126 valence electrons. The molecule has 0 aliphatic carbocycles. The molecule has 1 atom stereocenters. The molecule has 25 heavy (non-hydrogen) atoms. The van der Waals surface area contributed by atoms with Gasteiger partial charge < -0.3 is 10.2 Å². The molecule has 1 aliphatic rings. The Balaban J connectivity index is 1.78. The normalized spacial score (nSPS) is 16.3. The number of non-ortho nitro benzene ring substituents is 1. The second kappa shape index (κ2) is 7.01. The summed E-state index contributed by atoms with van der Waals surface area (Å²) in [4.78, 5) is 24.9. The summed E-state index contributed by atoms with van der Waals surface area (Å²) < 4.78 is 0. The fourth-order valence-corrected chi connectivity index (χ4v) is 3.02. The van der Waals surface area contributed by atoms with Crippen molar-refractivity contribution in [2.24, 2.45) is 0 Å². The van der Waals surface area contributed by atoms with Gasteiger partial charge in [0.2, 0.25) is 5.91 Å². The molecule has 0 radical (unpaired) electrons. The Morgan fingerprint density at radius 1 is 1.24 bits per heavy atom. The Bertz CT molecular complexity index is 842. The van der Waals surface area contributed by atoms with Crippen LogP contribution >= 0.6 is 0 Å². The van der Waals surface area contributed by atoms with E-state index < -0.39 is 4.92 Å². The van der Waals surface area contributed by atoms with Gasteiger partial charge in [0, 0.05) is 24.4 Å². The van der Waals surface area contributed by atoms with E-state index in [1.807, 2.05) is 4.90 Å². The van der Waals surface area contributed by atoms with Crippen LogP contribution in [0.15, 0.2) is 48.5 Å². The average molecular weight is 336 g/mol. The quantitative estimate of drug-likeness (QED) is 0.683. The van der Waals surface area contributed by atoms with Gasteiger partial charge in [-0.1, -0.05) is 12.1 Å². The van der Waals surface area contributed by atoms with Gasteiger partial charge in [0.05, 0.1) is 16.2 Å². The lowest BCUT2D eigenvalue weighted by Crippen LogP contribution is -2.39. The Hall–Kier alpha value is -3.40. The summed E-state index contributed by atoms with van der Waals surface area (Å²) in [6, 6.07) is 14.7. The summed E-state index contributed by atoms with van der Waals surface area (Å²) in [6.45, 7) is 0.704. The van der Waals surface area contributed by atoms with Gasteiger partial charge in [-0.05, 0) is 37.1 Å². The number of nitrogens with one attached hydrogen (secondary N) is 1. The number of nitrogens with zero attached hydrogens (tertiary/aromatic N) is 3. The number of carbonyl (C=O) groups is 1. The van der Waals surface area contributed by atoms with E-state index in [0.29, 0.717) is 24.2 Å². The summed E-state index contributed by atoms with van der Waals surface area (Å²) in [7, 11) is 0. The zero-order valence-electron chi connectivity index (χ0n) is 13.4. The number of amides is 1. The number of nitro groups is 1. The number of hydrogen-bond acceptors (Lipinski definition) is 5. The van der Waals surface area contributed by atoms with Gasteiger partial charge in [-0.3, -0.25) is 14.9 Å². The molecule has 2 aromatic carbocycles. The molecule has 1 amide bonds. The topological polar surface area (TPSA) is 99.3 Å². The van der Waals surface area contributed by atoms with Crippen molar-refractivity contribution >= 4 is 23.0 Å². The zero-order chi connectivity index (χ0) is 17.8. The Kier molecular flexibility index (Phi) is 4.61. The molecule has 3 rings (SSSR count). The first-order valence-electron chi connectivity index (χ1n) is 7.91.